The highest BCUT2D eigenvalue weighted by Gasteiger charge is 2.21. The van der Waals surface area contributed by atoms with Gasteiger partial charge in [-0.15, -0.1) is 0 Å². The number of hydrogen-bond donors (Lipinski definition) is 0. The molecule has 1 aromatic rings. The summed E-state index contributed by atoms with van der Waals surface area (Å²) < 4.78 is 17.2. The summed E-state index contributed by atoms with van der Waals surface area (Å²) in [7, 11) is 1.22. The Balaban J connectivity index is 2.85. The predicted molar refractivity (Wildman–Crippen MR) is 57.6 cm³/mol. The minimum atomic E-state index is -0.599. The number of ether oxygens (including phenoxy) is 1. The summed E-state index contributed by atoms with van der Waals surface area (Å²) in [5.41, 5.74) is 0.550. The highest BCUT2D eigenvalue weighted by Crippen LogP contribution is 2.20. The lowest BCUT2D eigenvalue weighted by Crippen LogP contribution is -2.17. The van der Waals surface area contributed by atoms with Crippen LogP contribution in [-0.2, 0) is 9.53 Å². The van der Waals surface area contributed by atoms with Crippen LogP contribution in [0.5, 0.6) is 0 Å². The SMILES string of the molecule is COC(=O)CC(C[N+](=O)[O-])c1ccc(F)cc1. The maximum atomic E-state index is 12.7. The first-order chi connectivity index (χ1) is 8.02. The van der Waals surface area contributed by atoms with Crippen molar-refractivity contribution in [3.05, 3.63) is 45.8 Å². The lowest BCUT2D eigenvalue weighted by molar-refractivity contribution is -0.483. The molecule has 0 heterocycles. The molecule has 0 saturated carbocycles. The van der Waals surface area contributed by atoms with Crippen molar-refractivity contribution < 1.29 is 18.8 Å². The van der Waals surface area contributed by atoms with Gasteiger partial charge < -0.3 is 4.74 Å². The van der Waals surface area contributed by atoms with Gasteiger partial charge in [0.05, 0.1) is 19.4 Å². The van der Waals surface area contributed by atoms with Crippen LogP contribution >= 0.6 is 0 Å². The Morgan fingerprint density at radius 2 is 2.06 bits per heavy atom. The van der Waals surface area contributed by atoms with E-state index in [0.717, 1.165) is 0 Å². The summed E-state index contributed by atoms with van der Waals surface area (Å²) in [6, 6.07) is 5.29. The fourth-order valence-corrected chi connectivity index (χ4v) is 1.49. The van der Waals surface area contributed by atoms with Crippen molar-refractivity contribution in [3.63, 3.8) is 0 Å². The molecule has 0 aliphatic heterocycles. The molecule has 92 valence electrons. The summed E-state index contributed by atoms with van der Waals surface area (Å²) in [6.07, 6.45) is -0.0941. The number of rotatable bonds is 5. The van der Waals surface area contributed by atoms with Gasteiger partial charge in [-0.1, -0.05) is 12.1 Å². The lowest BCUT2D eigenvalue weighted by Gasteiger charge is -2.11. The molecular formula is C11H12FNO4. The minimum Gasteiger partial charge on any atom is -0.469 e. The van der Waals surface area contributed by atoms with Crippen LogP contribution in [0.2, 0.25) is 0 Å². The van der Waals surface area contributed by atoms with Crippen molar-refractivity contribution in [2.24, 2.45) is 0 Å². The van der Waals surface area contributed by atoms with E-state index in [0.29, 0.717) is 5.56 Å². The average Bonchev–Trinajstić information content (AvgIpc) is 2.28. The number of nitrogens with zero attached hydrogens (tertiary/aromatic N) is 1. The smallest absolute Gasteiger partial charge is 0.306 e. The van der Waals surface area contributed by atoms with Crippen LogP contribution < -0.4 is 0 Å². The Morgan fingerprint density at radius 1 is 1.47 bits per heavy atom. The van der Waals surface area contributed by atoms with Crippen LogP contribution in [0.25, 0.3) is 0 Å². The molecule has 6 heteroatoms. The van der Waals surface area contributed by atoms with Gasteiger partial charge in [0.2, 0.25) is 6.54 Å². The molecule has 1 atom stereocenters. The first kappa shape index (κ1) is 13.1. The summed E-state index contributed by atoms with van der Waals surface area (Å²) in [6.45, 7) is -0.388. The molecule has 1 unspecified atom stereocenters. The first-order valence-corrected chi connectivity index (χ1v) is 4.97. The van der Waals surface area contributed by atoms with Gasteiger partial charge in [0.1, 0.15) is 5.82 Å². The zero-order chi connectivity index (χ0) is 12.8. The Labute approximate surface area is 97.3 Å². The third-order valence-corrected chi connectivity index (χ3v) is 2.35. The monoisotopic (exact) mass is 241 g/mol. The van der Waals surface area contributed by atoms with Gasteiger partial charge in [-0.2, -0.15) is 0 Å². The molecule has 0 N–H and O–H groups in total. The van der Waals surface area contributed by atoms with E-state index in [1.54, 1.807) is 0 Å². The summed E-state index contributed by atoms with van der Waals surface area (Å²) in [5.74, 6) is -1.55. The van der Waals surface area contributed by atoms with E-state index in [-0.39, 0.29) is 13.0 Å². The lowest BCUT2D eigenvalue weighted by atomic mass is 9.96. The third kappa shape index (κ3) is 4.18. The molecule has 1 rings (SSSR count). The molecule has 0 aromatic heterocycles. The molecule has 0 saturated heterocycles. The number of carbonyl (C=O) groups excluding carboxylic acids is 1. The topological polar surface area (TPSA) is 69.4 Å². The summed E-state index contributed by atoms with van der Waals surface area (Å²) in [5, 5.41) is 10.5. The van der Waals surface area contributed by atoms with Crippen LogP contribution in [-0.4, -0.2) is 24.5 Å². The van der Waals surface area contributed by atoms with E-state index in [4.69, 9.17) is 0 Å². The second kappa shape index (κ2) is 5.93. The van der Waals surface area contributed by atoms with Gasteiger partial charge in [0.25, 0.3) is 0 Å². The fraction of sp³-hybridized carbons (Fsp3) is 0.364. The Hall–Kier alpha value is -1.98. The summed E-state index contributed by atoms with van der Waals surface area (Å²) >= 11 is 0. The maximum absolute atomic E-state index is 12.7. The highest BCUT2D eigenvalue weighted by molar-refractivity contribution is 5.70. The number of nitro groups is 1. The van der Waals surface area contributed by atoms with Gasteiger partial charge in [-0.25, -0.2) is 4.39 Å². The van der Waals surface area contributed by atoms with Gasteiger partial charge in [0.15, 0.2) is 0 Å². The second-order valence-corrected chi connectivity index (χ2v) is 3.54. The molecule has 17 heavy (non-hydrogen) atoms. The van der Waals surface area contributed by atoms with Crippen molar-refractivity contribution in [1.82, 2.24) is 0 Å². The molecule has 0 bridgehead atoms. The minimum absolute atomic E-state index is 0.0941. The molecule has 0 aliphatic rings. The van der Waals surface area contributed by atoms with E-state index in [9.17, 15) is 19.3 Å². The van der Waals surface area contributed by atoms with E-state index in [1.807, 2.05) is 0 Å². The normalized spacial score (nSPS) is 11.9. The van der Waals surface area contributed by atoms with Crippen LogP contribution in [0.15, 0.2) is 24.3 Å². The zero-order valence-electron chi connectivity index (χ0n) is 9.26. The molecule has 0 amide bonds. The number of methoxy groups -OCH3 is 1. The second-order valence-electron chi connectivity index (χ2n) is 3.54. The highest BCUT2D eigenvalue weighted by atomic mass is 19.1. The van der Waals surface area contributed by atoms with Crippen LogP contribution in [0.3, 0.4) is 0 Å². The first-order valence-electron chi connectivity index (χ1n) is 4.97. The standard InChI is InChI=1S/C11H12FNO4/c1-17-11(14)6-9(7-13(15)16)8-2-4-10(12)5-3-8/h2-5,9H,6-7H2,1H3. The molecule has 1 aromatic carbocycles. The van der Waals surface area contributed by atoms with Crippen molar-refractivity contribution in [1.29, 1.82) is 0 Å². The zero-order valence-corrected chi connectivity index (χ0v) is 9.26. The Kier molecular flexibility index (Phi) is 4.56. The van der Waals surface area contributed by atoms with Gasteiger partial charge in [0, 0.05) is 4.92 Å². The van der Waals surface area contributed by atoms with Crippen molar-refractivity contribution in [2.75, 3.05) is 13.7 Å². The van der Waals surface area contributed by atoms with E-state index in [1.165, 1.54) is 31.4 Å². The van der Waals surface area contributed by atoms with Gasteiger partial charge >= 0.3 is 5.97 Å². The maximum Gasteiger partial charge on any atom is 0.306 e. The third-order valence-electron chi connectivity index (χ3n) is 2.35. The van der Waals surface area contributed by atoms with Gasteiger partial charge in [-0.05, 0) is 17.7 Å². The largest absolute Gasteiger partial charge is 0.469 e. The number of benzene rings is 1. The number of halogens is 1. The number of carbonyl (C=O) groups is 1. The molecule has 0 fully saturated rings. The van der Waals surface area contributed by atoms with Crippen molar-refractivity contribution >= 4 is 5.97 Å². The molecule has 0 aliphatic carbocycles. The van der Waals surface area contributed by atoms with E-state index >= 15 is 0 Å². The van der Waals surface area contributed by atoms with Gasteiger partial charge in [-0.3, -0.25) is 14.9 Å². The molecule has 5 nitrogen and oxygen atoms in total. The Bertz CT molecular complexity index is 404. The fourth-order valence-electron chi connectivity index (χ4n) is 1.49. The van der Waals surface area contributed by atoms with Crippen LogP contribution in [0.4, 0.5) is 4.39 Å². The quantitative estimate of drug-likeness (QED) is 0.447. The summed E-state index contributed by atoms with van der Waals surface area (Å²) in [4.78, 5) is 21.1. The predicted octanol–water partition coefficient (Wildman–Crippen LogP) is 1.75. The molecule has 0 radical (unpaired) electrons. The van der Waals surface area contributed by atoms with Crippen LogP contribution in [0.1, 0.15) is 17.9 Å². The number of esters is 1. The Morgan fingerprint density at radius 3 is 2.53 bits per heavy atom. The molecular weight excluding hydrogens is 229 g/mol. The van der Waals surface area contributed by atoms with E-state index in [2.05, 4.69) is 4.74 Å². The molecule has 0 spiro atoms. The van der Waals surface area contributed by atoms with E-state index < -0.39 is 22.6 Å². The average molecular weight is 241 g/mol. The van der Waals surface area contributed by atoms with Crippen LogP contribution in [0, 0.1) is 15.9 Å². The van der Waals surface area contributed by atoms with Crippen molar-refractivity contribution in [3.8, 4) is 0 Å². The number of hydrogen-bond acceptors (Lipinski definition) is 4. The van der Waals surface area contributed by atoms with Crippen molar-refractivity contribution in [2.45, 2.75) is 12.3 Å².